The molecule has 0 N–H and O–H groups in total. The highest BCUT2D eigenvalue weighted by Crippen LogP contribution is 2.39. The molecule has 3 rings (SSSR count). The molecule has 0 unspecified atom stereocenters. The van der Waals surface area contributed by atoms with E-state index in [1.165, 1.54) is 6.42 Å². The Morgan fingerprint density at radius 1 is 1.19 bits per heavy atom. The molecule has 82 valence electrons. The van der Waals surface area contributed by atoms with Crippen molar-refractivity contribution in [1.29, 1.82) is 0 Å². The van der Waals surface area contributed by atoms with Crippen LogP contribution < -0.4 is 0 Å². The van der Waals surface area contributed by atoms with Crippen LogP contribution in [0, 0.1) is 0 Å². The molecule has 0 aromatic heterocycles. The Balaban J connectivity index is 2.07. The second kappa shape index (κ2) is 3.98. The first-order valence-corrected chi connectivity index (χ1v) is 6.47. The van der Waals surface area contributed by atoms with Crippen molar-refractivity contribution in [3.05, 3.63) is 40.9 Å². The molecule has 0 saturated carbocycles. The van der Waals surface area contributed by atoms with Crippen LogP contribution >= 0.6 is 11.8 Å². The summed E-state index contributed by atoms with van der Waals surface area (Å²) in [6, 6.07) is 7.88. The summed E-state index contributed by atoms with van der Waals surface area (Å²) in [6.45, 7) is 0.867. The number of hydrogen-bond donors (Lipinski definition) is 0. The Labute approximate surface area is 99.3 Å². The molecule has 1 amide bonds. The summed E-state index contributed by atoms with van der Waals surface area (Å²) in [6.07, 6.45) is 5.58. The fourth-order valence-corrected chi connectivity index (χ4v) is 3.27. The van der Waals surface area contributed by atoms with Gasteiger partial charge in [-0.2, -0.15) is 0 Å². The molecule has 0 radical (unpaired) electrons. The van der Waals surface area contributed by atoms with Crippen LogP contribution in [0.2, 0.25) is 0 Å². The molecule has 1 aromatic rings. The van der Waals surface area contributed by atoms with Crippen molar-refractivity contribution in [1.82, 2.24) is 4.90 Å². The minimum atomic E-state index is 0.169. The Bertz CT molecular complexity index is 467. The highest BCUT2D eigenvalue weighted by molar-refractivity contribution is 8.03. The normalized spacial score (nSPS) is 19.6. The van der Waals surface area contributed by atoms with Gasteiger partial charge in [0, 0.05) is 11.4 Å². The van der Waals surface area contributed by atoms with E-state index in [0.29, 0.717) is 0 Å². The maximum atomic E-state index is 12.3. The van der Waals surface area contributed by atoms with E-state index in [-0.39, 0.29) is 5.91 Å². The van der Waals surface area contributed by atoms with E-state index >= 15 is 0 Å². The van der Waals surface area contributed by atoms with Gasteiger partial charge in [0.05, 0.1) is 10.6 Å². The topological polar surface area (TPSA) is 20.3 Å². The lowest BCUT2D eigenvalue weighted by molar-refractivity contribution is 0.0810. The Morgan fingerprint density at radius 2 is 2.06 bits per heavy atom. The minimum absolute atomic E-state index is 0.169. The third kappa shape index (κ3) is 1.55. The van der Waals surface area contributed by atoms with Gasteiger partial charge in [-0.25, -0.2) is 0 Å². The average molecular weight is 231 g/mol. The summed E-state index contributed by atoms with van der Waals surface area (Å²) < 4.78 is 0. The monoisotopic (exact) mass is 231 g/mol. The lowest BCUT2D eigenvalue weighted by Crippen LogP contribution is -2.32. The third-order valence-corrected chi connectivity index (χ3v) is 4.17. The van der Waals surface area contributed by atoms with Gasteiger partial charge in [0.1, 0.15) is 0 Å². The number of hydrogen-bond acceptors (Lipinski definition) is 2. The number of benzene rings is 1. The van der Waals surface area contributed by atoms with Gasteiger partial charge in [-0.1, -0.05) is 30.0 Å². The van der Waals surface area contributed by atoms with Crippen LogP contribution in [0.15, 0.2) is 40.3 Å². The van der Waals surface area contributed by atoms with Crippen LogP contribution in [-0.2, 0) is 0 Å². The first-order valence-electron chi connectivity index (χ1n) is 5.65. The van der Waals surface area contributed by atoms with E-state index in [0.717, 1.165) is 34.9 Å². The van der Waals surface area contributed by atoms with Crippen LogP contribution in [-0.4, -0.2) is 17.4 Å². The maximum Gasteiger partial charge on any atom is 0.259 e. The number of amides is 1. The zero-order chi connectivity index (χ0) is 11.0. The highest BCUT2D eigenvalue weighted by atomic mass is 32.2. The Hall–Kier alpha value is -1.22. The zero-order valence-corrected chi connectivity index (χ0v) is 9.80. The van der Waals surface area contributed by atoms with Gasteiger partial charge < -0.3 is 4.90 Å². The SMILES string of the molecule is O=C1c2ccccc2SC2=CCCCCN12. The molecule has 0 bridgehead atoms. The highest BCUT2D eigenvalue weighted by Gasteiger charge is 2.28. The smallest absolute Gasteiger partial charge is 0.259 e. The molecule has 16 heavy (non-hydrogen) atoms. The van der Waals surface area contributed by atoms with Crippen LogP contribution in [0.1, 0.15) is 29.6 Å². The van der Waals surface area contributed by atoms with Crippen molar-refractivity contribution >= 4 is 17.7 Å². The molecule has 3 heteroatoms. The molecule has 2 aliphatic rings. The molecule has 2 nitrogen and oxygen atoms in total. The number of rotatable bonds is 0. The lowest BCUT2D eigenvalue weighted by Gasteiger charge is -2.29. The van der Waals surface area contributed by atoms with E-state index in [1.54, 1.807) is 11.8 Å². The second-order valence-corrected chi connectivity index (χ2v) is 5.16. The van der Waals surface area contributed by atoms with E-state index < -0.39 is 0 Å². The van der Waals surface area contributed by atoms with Crippen molar-refractivity contribution in [3.63, 3.8) is 0 Å². The first-order chi connectivity index (χ1) is 7.86. The molecular formula is C13H13NOS. The number of nitrogens with zero attached hydrogens (tertiary/aromatic N) is 1. The molecule has 2 heterocycles. The van der Waals surface area contributed by atoms with E-state index in [1.807, 2.05) is 29.2 Å². The zero-order valence-electron chi connectivity index (χ0n) is 8.98. The van der Waals surface area contributed by atoms with Crippen LogP contribution in [0.25, 0.3) is 0 Å². The number of carbonyl (C=O) groups is 1. The van der Waals surface area contributed by atoms with Crippen molar-refractivity contribution in [2.75, 3.05) is 6.54 Å². The van der Waals surface area contributed by atoms with Crippen molar-refractivity contribution in [2.45, 2.75) is 24.2 Å². The van der Waals surface area contributed by atoms with Crippen molar-refractivity contribution in [2.24, 2.45) is 0 Å². The van der Waals surface area contributed by atoms with E-state index in [2.05, 4.69) is 6.08 Å². The molecule has 0 saturated heterocycles. The number of thioether (sulfide) groups is 1. The predicted octanol–water partition coefficient (Wildman–Crippen LogP) is 3.26. The van der Waals surface area contributed by atoms with Gasteiger partial charge in [0.15, 0.2) is 0 Å². The standard InChI is InChI=1S/C13H13NOS/c15-13-10-6-3-4-7-11(10)16-12-8-2-1-5-9-14(12)13/h3-4,6-8H,1-2,5,9H2. The van der Waals surface area contributed by atoms with Gasteiger partial charge in [-0.3, -0.25) is 4.79 Å². The summed E-state index contributed by atoms with van der Waals surface area (Å²) >= 11 is 1.72. The molecule has 2 aliphatic heterocycles. The number of fused-ring (bicyclic) bond motifs is 2. The lowest BCUT2D eigenvalue weighted by atomic mass is 10.2. The van der Waals surface area contributed by atoms with Gasteiger partial charge >= 0.3 is 0 Å². The largest absolute Gasteiger partial charge is 0.303 e. The minimum Gasteiger partial charge on any atom is -0.303 e. The maximum absolute atomic E-state index is 12.3. The molecule has 0 fully saturated rings. The Kier molecular flexibility index (Phi) is 2.48. The molecule has 0 spiro atoms. The average Bonchev–Trinajstić information content (AvgIpc) is 2.55. The number of carbonyl (C=O) groups excluding carboxylic acids is 1. The van der Waals surface area contributed by atoms with Gasteiger partial charge in [-0.15, -0.1) is 0 Å². The number of allylic oxidation sites excluding steroid dienone is 1. The van der Waals surface area contributed by atoms with Gasteiger partial charge in [0.2, 0.25) is 0 Å². The predicted molar refractivity (Wildman–Crippen MR) is 65.3 cm³/mol. The second-order valence-electron chi connectivity index (χ2n) is 4.09. The van der Waals surface area contributed by atoms with Crippen molar-refractivity contribution < 1.29 is 4.79 Å². The van der Waals surface area contributed by atoms with Crippen LogP contribution in [0.4, 0.5) is 0 Å². The molecule has 0 aliphatic carbocycles. The summed E-state index contributed by atoms with van der Waals surface area (Å²) in [5, 5.41) is 1.13. The first kappa shape index (κ1) is 9.97. The summed E-state index contributed by atoms with van der Waals surface area (Å²) in [5.41, 5.74) is 0.853. The summed E-state index contributed by atoms with van der Waals surface area (Å²) in [5.74, 6) is 0.169. The van der Waals surface area contributed by atoms with E-state index in [9.17, 15) is 4.79 Å². The summed E-state index contributed by atoms with van der Waals surface area (Å²) in [7, 11) is 0. The fraction of sp³-hybridized carbons (Fsp3) is 0.308. The Morgan fingerprint density at radius 3 is 3.00 bits per heavy atom. The third-order valence-electron chi connectivity index (χ3n) is 3.00. The molecule has 0 atom stereocenters. The fourth-order valence-electron chi connectivity index (χ4n) is 2.15. The van der Waals surface area contributed by atoms with E-state index in [4.69, 9.17) is 0 Å². The van der Waals surface area contributed by atoms with Crippen LogP contribution in [0.3, 0.4) is 0 Å². The summed E-state index contributed by atoms with van der Waals surface area (Å²) in [4.78, 5) is 15.3. The quantitative estimate of drug-likeness (QED) is 0.683. The van der Waals surface area contributed by atoms with Gasteiger partial charge in [-0.05, 0) is 31.4 Å². The molecule has 1 aromatic carbocycles. The molecular weight excluding hydrogens is 218 g/mol. The van der Waals surface area contributed by atoms with Crippen LogP contribution in [0.5, 0.6) is 0 Å². The van der Waals surface area contributed by atoms with Crippen molar-refractivity contribution in [3.8, 4) is 0 Å². The van der Waals surface area contributed by atoms with Gasteiger partial charge in [0.25, 0.3) is 5.91 Å².